The van der Waals surface area contributed by atoms with E-state index in [1.807, 2.05) is 30.5 Å². The van der Waals surface area contributed by atoms with Gasteiger partial charge in [-0.25, -0.2) is 9.67 Å². The summed E-state index contributed by atoms with van der Waals surface area (Å²) < 4.78 is 23.6. The lowest BCUT2D eigenvalue weighted by atomic mass is 10.2. The molecule has 0 radical (unpaired) electrons. The van der Waals surface area contributed by atoms with Gasteiger partial charge in [0.2, 0.25) is 0 Å². The van der Waals surface area contributed by atoms with Gasteiger partial charge in [-0.2, -0.15) is 10.1 Å². The van der Waals surface area contributed by atoms with Crippen LogP contribution in [0.4, 0.5) is 0 Å². The Labute approximate surface area is 161 Å². The van der Waals surface area contributed by atoms with E-state index in [0.29, 0.717) is 28.5 Å². The third-order valence-electron chi connectivity index (χ3n) is 4.14. The second-order valence-electron chi connectivity index (χ2n) is 5.84. The fraction of sp³-hybridized carbons (Fsp3) is 0.150. The summed E-state index contributed by atoms with van der Waals surface area (Å²) in [6, 6.07) is 11.1. The first-order chi connectivity index (χ1) is 13.7. The Morgan fingerprint density at radius 1 is 0.857 bits per heavy atom. The zero-order valence-corrected chi connectivity index (χ0v) is 15.6. The minimum absolute atomic E-state index is 0.208. The lowest BCUT2D eigenvalue weighted by Crippen LogP contribution is -1.98. The van der Waals surface area contributed by atoms with E-state index in [2.05, 4.69) is 15.1 Å². The molecule has 0 aliphatic heterocycles. The highest BCUT2D eigenvalue weighted by molar-refractivity contribution is 5.82. The molecule has 0 amide bonds. The van der Waals surface area contributed by atoms with Crippen LogP contribution in [0.15, 0.2) is 55.0 Å². The number of hydrogen-bond donors (Lipinski definition) is 0. The average Bonchev–Trinajstić information content (AvgIpc) is 3.27. The molecule has 8 heteroatoms. The molecule has 2 aromatic heterocycles. The molecule has 0 bridgehead atoms. The van der Waals surface area contributed by atoms with Gasteiger partial charge in [-0.3, -0.25) is 0 Å². The quantitative estimate of drug-likeness (QED) is 0.507. The van der Waals surface area contributed by atoms with Crippen molar-refractivity contribution in [2.45, 2.75) is 0 Å². The van der Waals surface area contributed by atoms with Crippen LogP contribution in [0.2, 0.25) is 0 Å². The normalized spacial score (nSPS) is 10.7. The van der Waals surface area contributed by atoms with E-state index in [1.54, 1.807) is 50.5 Å². The third-order valence-corrected chi connectivity index (χ3v) is 4.14. The van der Waals surface area contributed by atoms with Crippen LogP contribution in [-0.2, 0) is 0 Å². The minimum atomic E-state index is 0.208. The molecule has 0 fully saturated rings. The maximum atomic E-state index is 5.88. The number of fused-ring (bicyclic) bond motifs is 1. The molecule has 0 N–H and O–H groups in total. The van der Waals surface area contributed by atoms with Crippen LogP contribution in [0.25, 0.3) is 16.6 Å². The molecule has 0 atom stereocenters. The Balaban J connectivity index is 1.70. The monoisotopic (exact) mass is 378 g/mol. The first-order valence-corrected chi connectivity index (χ1v) is 8.46. The van der Waals surface area contributed by atoms with E-state index < -0.39 is 0 Å². The fourth-order valence-electron chi connectivity index (χ4n) is 2.78. The van der Waals surface area contributed by atoms with Crippen molar-refractivity contribution in [2.24, 2.45) is 0 Å². The highest BCUT2D eigenvalue weighted by Crippen LogP contribution is 2.33. The van der Waals surface area contributed by atoms with E-state index in [0.717, 1.165) is 11.1 Å². The van der Waals surface area contributed by atoms with Crippen LogP contribution >= 0.6 is 0 Å². The van der Waals surface area contributed by atoms with Crippen molar-refractivity contribution in [2.75, 3.05) is 21.3 Å². The number of hydrogen-bond acceptors (Lipinski definition) is 7. The maximum Gasteiger partial charge on any atom is 0.322 e. The van der Waals surface area contributed by atoms with Crippen molar-refractivity contribution in [3.8, 4) is 34.7 Å². The van der Waals surface area contributed by atoms with Crippen molar-refractivity contribution in [3.63, 3.8) is 0 Å². The first-order valence-electron chi connectivity index (χ1n) is 8.46. The van der Waals surface area contributed by atoms with Crippen molar-refractivity contribution >= 4 is 10.9 Å². The second-order valence-corrected chi connectivity index (χ2v) is 5.84. The summed E-state index contributed by atoms with van der Waals surface area (Å²) in [6.07, 6.45) is 5.22. The molecule has 8 nitrogen and oxygen atoms in total. The number of aromatic nitrogens is 4. The van der Waals surface area contributed by atoms with Gasteiger partial charge in [0.1, 0.15) is 11.5 Å². The molecule has 28 heavy (non-hydrogen) atoms. The first kappa shape index (κ1) is 17.6. The Bertz CT molecular complexity index is 1110. The molecule has 0 unspecified atom stereocenters. The van der Waals surface area contributed by atoms with E-state index in [-0.39, 0.29) is 6.01 Å². The van der Waals surface area contributed by atoms with E-state index >= 15 is 0 Å². The number of benzene rings is 2. The van der Waals surface area contributed by atoms with Gasteiger partial charge in [0.05, 0.1) is 32.5 Å². The Morgan fingerprint density at radius 3 is 2.36 bits per heavy atom. The summed E-state index contributed by atoms with van der Waals surface area (Å²) in [5.41, 5.74) is 1.48. The largest absolute Gasteiger partial charge is 0.497 e. The number of rotatable bonds is 6. The topological polar surface area (TPSA) is 80.5 Å². The summed E-state index contributed by atoms with van der Waals surface area (Å²) in [7, 11) is 4.76. The van der Waals surface area contributed by atoms with Gasteiger partial charge in [0.15, 0.2) is 11.5 Å². The van der Waals surface area contributed by atoms with Gasteiger partial charge in [-0.05, 0) is 12.1 Å². The Kier molecular flexibility index (Phi) is 4.67. The van der Waals surface area contributed by atoms with Crippen LogP contribution < -0.4 is 18.9 Å². The number of nitrogens with zero attached hydrogens (tertiary/aromatic N) is 4. The highest BCUT2D eigenvalue weighted by Gasteiger charge is 2.11. The molecular formula is C20H18N4O4. The average molecular weight is 378 g/mol. The van der Waals surface area contributed by atoms with Crippen LogP contribution in [-0.4, -0.2) is 41.1 Å². The zero-order chi connectivity index (χ0) is 19.5. The molecule has 0 saturated heterocycles. The highest BCUT2D eigenvalue weighted by atomic mass is 16.5. The summed E-state index contributed by atoms with van der Waals surface area (Å²) in [5.74, 6) is 2.37. The number of ether oxygens (including phenoxy) is 4. The van der Waals surface area contributed by atoms with Crippen LogP contribution in [0.1, 0.15) is 0 Å². The molecule has 0 aliphatic carbocycles. The Hall–Kier alpha value is -3.81. The van der Waals surface area contributed by atoms with Crippen LogP contribution in [0.5, 0.6) is 29.0 Å². The molecule has 0 saturated carbocycles. The molecule has 2 heterocycles. The van der Waals surface area contributed by atoms with Gasteiger partial charge >= 0.3 is 6.01 Å². The molecule has 142 valence electrons. The maximum absolute atomic E-state index is 5.88. The molecule has 4 rings (SSSR count). The smallest absolute Gasteiger partial charge is 0.322 e. The summed E-state index contributed by atoms with van der Waals surface area (Å²) in [6.45, 7) is 0. The zero-order valence-electron chi connectivity index (χ0n) is 15.6. The second kappa shape index (κ2) is 7.43. The summed E-state index contributed by atoms with van der Waals surface area (Å²) in [5, 5.41) is 5.05. The molecule has 4 aromatic rings. The predicted octanol–water partition coefficient (Wildman–Crippen LogP) is 3.63. The van der Waals surface area contributed by atoms with Crippen molar-refractivity contribution < 1.29 is 18.9 Å². The van der Waals surface area contributed by atoms with Crippen molar-refractivity contribution in [1.29, 1.82) is 0 Å². The van der Waals surface area contributed by atoms with Crippen molar-refractivity contribution in [3.05, 3.63) is 55.0 Å². The Morgan fingerprint density at radius 2 is 1.64 bits per heavy atom. The SMILES string of the molecule is COc1cc(Oc2ncc3cc(OC)c(OC)cc3n2)cc(-n2cccn2)c1. The molecule has 0 spiro atoms. The minimum Gasteiger partial charge on any atom is -0.497 e. The summed E-state index contributed by atoms with van der Waals surface area (Å²) in [4.78, 5) is 8.76. The third kappa shape index (κ3) is 3.39. The van der Waals surface area contributed by atoms with E-state index in [9.17, 15) is 0 Å². The summed E-state index contributed by atoms with van der Waals surface area (Å²) >= 11 is 0. The number of methoxy groups -OCH3 is 3. The van der Waals surface area contributed by atoms with Gasteiger partial charge < -0.3 is 18.9 Å². The van der Waals surface area contributed by atoms with E-state index in [4.69, 9.17) is 18.9 Å². The standard InChI is InChI=1S/C20H18N4O4/c1-25-15-8-14(24-6-4-5-22-24)9-16(10-15)28-20-21-12-13-7-18(26-2)19(27-3)11-17(13)23-20/h4-12H,1-3H3. The fourth-order valence-corrected chi connectivity index (χ4v) is 2.78. The van der Waals surface area contributed by atoms with Crippen LogP contribution in [0, 0.1) is 0 Å². The molecule has 0 aliphatic rings. The predicted molar refractivity (Wildman–Crippen MR) is 103 cm³/mol. The molecule has 2 aromatic carbocycles. The van der Waals surface area contributed by atoms with Gasteiger partial charge in [0.25, 0.3) is 0 Å². The van der Waals surface area contributed by atoms with Gasteiger partial charge in [-0.1, -0.05) is 0 Å². The molecular weight excluding hydrogens is 360 g/mol. The van der Waals surface area contributed by atoms with Gasteiger partial charge in [0, 0.05) is 48.2 Å². The van der Waals surface area contributed by atoms with Gasteiger partial charge in [-0.15, -0.1) is 0 Å². The lowest BCUT2D eigenvalue weighted by Gasteiger charge is -2.11. The van der Waals surface area contributed by atoms with Crippen molar-refractivity contribution in [1.82, 2.24) is 19.7 Å². The lowest BCUT2D eigenvalue weighted by molar-refractivity contribution is 0.355. The van der Waals surface area contributed by atoms with Crippen LogP contribution in [0.3, 0.4) is 0 Å². The van der Waals surface area contributed by atoms with E-state index in [1.165, 1.54) is 0 Å².